The SMILES string of the molecule is O=[N+]([O-])c1ccc(O)cc1CC1CNC1. The zero-order valence-corrected chi connectivity index (χ0v) is 8.14. The van der Waals surface area contributed by atoms with Gasteiger partial charge in [0.2, 0.25) is 0 Å². The van der Waals surface area contributed by atoms with Gasteiger partial charge in [0, 0.05) is 11.6 Å². The van der Waals surface area contributed by atoms with Crippen molar-refractivity contribution in [3.8, 4) is 5.75 Å². The molecule has 1 saturated heterocycles. The van der Waals surface area contributed by atoms with E-state index in [1.165, 1.54) is 18.2 Å². The molecule has 5 heteroatoms. The summed E-state index contributed by atoms with van der Waals surface area (Å²) in [7, 11) is 0. The first-order valence-electron chi connectivity index (χ1n) is 4.84. The Labute approximate surface area is 86.9 Å². The number of nitrogens with one attached hydrogen (secondary N) is 1. The van der Waals surface area contributed by atoms with E-state index in [-0.39, 0.29) is 11.4 Å². The molecule has 0 bridgehead atoms. The molecule has 0 aliphatic carbocycles. The average molecular weight is 208 g/mol. The van der Waals surface area contributed by atoms with E-state index in [0.29, 0.717) is 17.9 Å². The monoisotopic (exact) mass is 208 g/mol. The van der Waals surface area contributed by atoms with Gasteiger partial charge in [0.05, 0.1) is 4.92 Å². The Kier molecular flexibility index (Phi) is 2.55. The lowest BCUT2D eigenvalue weighted by atomic mass is 9.93. The molecule has 2 rings (SSSR count). The predicted molar refractivity (Wildman–Crippen MR) is 54.8 cm³/mol. The molecule has 0 saturated carbocycles. The Hall–Kier alpha value is -1.62. The molecule has 0 amide bonds. The fraction of sp³-hybridized carbons (Fsp3) is 0.400. The molecule has 5 nitrogen and oxygen atoms in total. The van der Waals surface area contributed by atoms with Crippen LogP contribution < -0.4 is 5.32 Å². The Morgan fingerprint density at radius 3 is 2.80 bits per heavy atom. The van der Waals surface area contributed by atoms with Crippen molar-refractivity contribution in [2.75, 3.05) is 13.1 Å². The number of nitro benzene ring substituents is 1. The highest BCUT2D eigenvalue weighted by molar-refractivity contribution is 5.45. The third kappa shape index (κ3) is 2.07. The van der Waals surface area contributed by atoms with Crippen molar-refractivity contribution in [1.82, 2.24) is 5.32 Å². The summed E-state index contributed by atoms with van der Waals surface area (Å²) in [6.07, 6.45) is 0.651. The number of nitro groups is 1. The molecule has 1 aromatic rings. The summed E-state index contributed by atoms with van der Waals surface area (Å²) >= 11 is 0. The van der Waals surface area contributed by atoms with Crippen LogP contribution in [0.4, 0.5) is 5.69 Å². The molecule has 2 N–H and O–H groups in total. The van der Waals surface area contributed by atoms with Gasteiger partial charge in [0.25, 0.3) is 5.69 Å². The standard InChI is InChI=1S/C10H12N2O3/c13-9-1-2-10(12(14)15)8(4-9)3-7-5-11-6-7/h1-2,4,7,11,13H,3,5-6H2. The molecule has 1 fully saturated rings. The van der Waals surface area contributed by atoms with E-state index in [0.717, 1.165) is 13.1 Å². The van der Waals surface area contributed by atoms with Crippen LogP contribution >= 0.6 is 0 Å². The topological polar surface area (TPSA) is 75.4 Å². The normalized spacial score (nSPS) is 16.0. The molecular formula is C10H12N2O3. The first-order chi connectivity index (χ1) is 7.16. The lowest BCUT2D eigenvalue weighted by Gasteiger charge is -2.26. The molecule has 0 atom stereocenters. The number of hydrogen-bond acceptors (Lipinski definition) is 4. The van der Waals surface area contributed by atoms with E-state index in [2.05, 4.69) is 5.32 Å². The van der Waals surface area contributed by atoms with E-state index in [4.69, 9.17) is 0 Å². The Morgan fingerprint density at radius 2 is 2.27 bits per heavy atom. The van der Waals surface area contributed by atoms with Crippen LogP contribution in [0.15, 0.2) is 18.2 Å². The van der Waals surface area contributed by atoms with E-state index in [1.807, 2.05) is 0 Å². The lowest BCUT2D eigenvalue weighted by Crippen LogP contribution is -2.43. The van der Waals surface area contributed by atoms with Gasteiger partial charge in [0.15, 0.2) is 0 Å². The highest BCUT2D eigenvalue weighted by Gasteiger charge is 2.22. The lowest BCUT2D eigenvalue weighted by molar-refractivity contribution is -0.385. The molecule has 0 radical (unpaired) electrons. The number of aromatic hydroxyl groups is 1. The van der Waals surface area contributed by atoms with Crippen molar-refractivity contribution < 1.29 is 10.0 Å². The maximum Gasteiger partial charge on any atom is 0.272 e. The second kappa shape index (κ2) is 3.86. The summed E-state index contributed by atoms with van der Waals surface area (Å²) in [6, 6.07) is 4.19. The summed E-state index contributed by atoms with van der Waals surface area (Å²) < 4.78 is 0. The third-order valence-corrected chi connectivity index (χ3v) is 2.63. The summed E-state index contributed by atoms with van der Waals surface area (Å²) in [5.74, 6) is 0.536. The van der Waals surface area contributed by atoms with Crippen LogP contribution in [0, 0.1) is 16.0 Å². The van der Waals surface area contributed by atoms with Crippen LogP contribution in [-0.2, 0) is 6.42 Å². The Bertz CT molecular complexity index is 388. The number of phenols is 1. The van der Waals surface area contributed by atoms with Gasteiger partial charge in [-0.05, 0) is 37.6 Å². The number of rotatable bonds is 3. The number of hydrogen-bond donors (Lipinski definition) is 2. The molecule has 15 heavy (non-hydrogen) atoms. The van der Waals surface area contributed by atoms with Crippen LogP contribution in [0.5, 0.6) is 5.75 Å². The zero-order valence-electron chi connectivity index (χ0n) is 8.14. The summed E-state index contributed by atoms with van der Waals surface area (Å²) in [4.78, 5) is 10.3. The molecule has 1 aliphatic rings. The fourth-order valence-electron chi connectivity index (χ4n) is 1.72. The van der Waals surface area contributed by atoms with Gasteiger partial charge in [-0.3, -0.25) is 10.1 Å². The minimum absolute atomic E-state index is 0.0860. The molecule has 1 aliphatic heterocycles. The van der Waals surface area contributed by atoms with Gasteiger partial charge in [-0.1, -0.05) is 0 Å². The maximum atomic E-state index is 10.7. The van der Waals surface area contributed by atoms with Gasteiger partial charge >= 0.3 is 0 Å². The second-order valence-electron chi connectivity index (χ2n) is 3.80. The van der Waals surface area contributed by atoms with E-state index < -0.39 is 4.92 Å². The van der Waals surface area contributed by atoms with E-state index in [1.54, 1.807) is 0 Å². The maximum absolute atomic E-state index is 10.7. The van der Waals surface area contributed by atoms with Gasteiger partial charge in [-0.25, -0.2) is 0 Å². The zero-order chi connectivity index (χ0) is 10.8. The average Bonchev–Trinajstić information content (AvgIpc) is 2.11. The van der Waals surface area contributed by atoms with E-state index >= 15 is 0 Å². The molecule has 1 aromatic carbocycles. The predicted octanol–water partition coefficient (Wildman–Crippen LogP) is 1.06. The van der Waals surface area contributed by atoms with Gasteiger partial charge < -0.3 is 10.4 Å². The summed E-state index contributed by atoms with van der Waals surface area (Å²) in [5, 5.41) is 23.1. The summed E-state index contributed by atoms with van der Waals surface area (Å²) in [6.45, 7) is 1.79. The molecule has 0 aromatic heterocycles. The molecular weight excluding hydrogens is 196 g/mol. The molecule has 80 valence electrons. The van der Waals surface area contributed by atoms with Crippen LogP contribution in [0.25, 0.3) is 0 Å². The minimum atomic E-state index is -0.402. The number of phenolic OH excluding ortho intramolecular Hbond substituents is 1. The highest BCUT2D eigenvalue weighted by atomic mass is 16.6. The van der Waals surface area contributed by atoms with Crippen molar-refractivity contribution in [2.24, 2.45) is 5.92 Å². The Balaban J connectivity index is 2.24. The van der Waals surface area contributed by atoms with Gasteiger partial charge in [0.1, 0.15) is 5.75 Å². The quantitative estimate of drug-likeness (QED) is 0.575. The second-order valence-corrected chi connectivity index (χ2v) is 3.80. The summed E-state index contributed by atoms with van der Waals surface area (Å²) in [5.41, 5.74) is 0.714. The molecule has 0 unspecified atom stereocenters. The van der Waals surface area contributed by atoms with Crippen LogP contribution in [0.2, 0.25) is 0 Å². The van der Waals surface area contributed by atoms with Crippen molar-refractivity contribution in [2.45, 2.75) is 6.42 Å². The smallest absolute Gasteiger partial charge is 0.272 e. The molecule has 0 spiro atoms. The van der Waals surface area contributed by atoms with Gasteiger partial charge in [-0.2, -0.15) is 0 Å². The van der Waals surface area contributed by atoms with Crippen molar-refractivity contribution >= 4 is 5.69 Å². The number of nitrogens with zero attached hydrogens (tertiary/aromatic N) is 1. The minimum Gasteiger partial charge on any atom is -0.508 e. The third-order valence-electron chi connectivity index (χ3n) is 2.63. The van der Waals surface area contributed by atoms with Crippen molar-refractivity contribution in [1.29, 1.82) is 0 Å². The highest BCUT2D eigenvalue weighted by Crippen LogP contribution is 2.26. The molecule has 1 heterocycles. The van der Waals surface area contributed by atoms with Crippen LogP contribution in [0.3, 0.4) is 0 Å². The number of benzene rings is 1. The largest absolute Gasteiger partial charge is 0.508 e. The van der Waals surface area contributed by atoms with Crippen LogP contribution in [0.1, 0.15) is 5.56 Å². The van der Waals surface area contributed by atoms with Crippen LogP contribution in [-0.4, -0.2) is 23.1 Å². The van der Waals surface area contributed by atoms with Gasteiger partial charge in [-0.15, -0.1) is 0 Å². The Morgan fingerprint density at radius 1 is 1.53 bits per heavy atom. The first kappa shape index (κ1) is 9.92. The van der Waals surface area contributed by atoms with Crippen molar-refractivity contribution in [3.05, 3.63) is 33.9 Å². The van der Waals surface area contributed by atoms with E-state index in [9.17, 15) is 15.2 Å². The first-order valence-corrected chi connectivity index (χ1v) is 4.84. The van der Waals surface area contributed by atoms with Crippen molar-refractivity contribution in [3.63, 3.8) is 0 Å². The fourth-order valence-corrected chi connectivity index (χ4v) is 1.72.